The van der Waals surface area contributed by atoms with Crippen molar-refractivity contribution in [2.24, 2.45) is 0 Å². The molecule has 1 aliphatic heterocycles. The van der Waals surface area contributed by atoms with Crippen LogP contribution in [0.1, 0.15) is 46.7 Å². The van der Waals surface area contributed by atoms with E-state index in [-0.39, 0.29) is 18.6 Å². The van der Waals surface area contributed by atoms with Gasteiger partial charge in [0.15, 0.2) is 5.82 Å². The van der Waals surface area contributed by atoms with Crippen LogP contribution in [0.2, 0.25) is 0 Å². The van der Waals surface area contributed by atoms with Crippen LogP contribution in [0.15, 0.2) is 22.9 Å². The van der Waals surface area contributed by atoms with Crippen molar-refractivity contribution >= 4 is 5.91 Å². The smallest absolute Gasteiger partial charge is 0.270 e. The third-order valence-corrected chi connectivity index (χ3v) is 3.32. The minimum absolute atomic E-state index is 0.111. The third kappa shape index (κ3) is 3.08. The molecule has 1 fully saturated rings. The van der Waals surface area contributed by atoms with E-state index >= 15 is 0 Å². The molecule has 0 aromatic carbocycles. The van der Waals surface area contributed by atoms with Gasteiger partial charge >= 0.3 is 0 Å². The summed E-state index contributed by atoms with van der Waals surface area (Å²) in [5.74, 6) is 0.657. The maximum absolute atomic E-state index is 12.0. The molecular weight excluding hydrogens is 272 g/mol. The van der Waals surface area contributed by atoms with Crippen LogP contribution < -0.4 is 5.32 Å². The van der Waals surface area contributed by atoms with Gasteiger partial charge in [0.05, 0.1) is 6.54 Å². The van der Waals surface area contributed by atoms with E-state index in [1.54, 1.807) is 12.3 Å². The molecule has 3 heterocycles. The fourth-order valence-corrected chi connectivity index (χ4v) is 2.21. The molecular formula is C14H16N4O3. The highest BCUT2D eigenvalue weighted by atomic mass is 16.5. The Morgan fingerprint density at radius 1 is 1.52 bits per heavy atom. The molecule has 0 bridgehead atoms. The van der Waals surface area contributed by atoms with Crippen molar-refractivity contribution in [2.75, 3.05) is 6.61 Å². The van der Waals surface area contributed by atoms with Crippen molar-refractivity contribution in [3.8, 4) is 0 Å². The summed E-state index contributed by atoms with van der Waals surface area (Å²) in [6.07, 6.45) is 3.37. The van der Waals surface area contributed by atoms with Gasteiger partial charge in [0.2, 0.25) is 0 Å². The Morgan fingerprint density at radius 3 is 3.19 bits per heavy atom. The number of carbonyl (C=O) groups excluding carboxylic acids is 1. The molecule has 21 heavy (non-hydrogen) atoms. The number of ether oxygens (including phenoxy) is 1. The zero-order chi connectivity index (χ0) is 14.7. The van der Waals surface area contributed by atoms with Crippen LogP contribution in [0.3, 0.4) is 0 Å². The van der Waals surface area contributed by atoms with E-state index in [1.165, 1.54) is 0 Å². The van der Waals surface area contributed by atoms with E-state index in [2.05, 4.69) is 20.4 Å². The first-order valence-corrected chi connectivity index (χ1v) is 6.88. The first-order valence-electron chi connectivity index (χ1n) is 6.88. The molecule has 7 nitrogen and oxygen atoms in total. The second kappa shape index (κ2) is 6.01. The molecule has 1 aliphatic rings. The molecule has 1 N–H and O–H groups in total. The molecule has 1 saturated heterocycles. The Kier molecular flexibility index (Phi) is 3.92. The predicted octanol–water partition coefficient (Wildman–Crippen LogP) is 1.55. The highest BCUT2D eigenvalue weighted by Crippen LogP contribution is 2.26. The van der Waals surface area contributed by atoms with Crippen LogP contribution in [0.4, 0.5) is 0 Å². The summed E-state index contributed by atoms with van der Waals surface area (Å²) >= 11 is 0. The average molecular weight is 288 g/mol. The van der Waals surface area contributed by atoms with Crippen LogP contribution in [0, 0.1) is 6.92 Å². The van der Waals surface area contributed by atoms with E-state index in [4.69, 9.17) is 9.26 Å². The summed E-state index contributed by atoms with van der Waals surface area (Å²) in [6, 6.07) is 3.63. The molecule has 0 spiro atoms. The van der Waals surface area contributed by atoms with Gasteiger partial charge in [0, 0.05) is 12.8 Å². The van der Waals surface area contributed by atoms with Crippen molar-refractivity contribution in [3.05, 3.63) is 41.3 Å². The first kappa shape index (κ1) is 13.7. The normalized spacial score (nSPS) is 17.9. The van der Waals surface area contributed by atoms with Crippen molar-refractivity contribution in [3.63, 3.8) is 0 Å². The molecule has 2 aromatic heterocycles. The lowest BCUT2D eigenvalue weighted by Gasteiger charge is -2.04. The summed E-state index contributed by atoms with van der Waals surface area (Å²) in [5, 5.41) is 6.58. The standard InChI is InChI=1S/C14H16N4O3/c1-9-4-2-6-15-12(9)13(19)16-8-11-17-14(21-18-11)10-5-3-7-20-10/h2,4,6,10H,3,5,7-8H2,1H3,(H,16,19)/t10-/m0/s1. The van der Waals surface area contributed by atoms with Crippen LogP contribution in [-0.4, -0.2) is 27.6 Å². The zero-order valence-electron chi connectivity index (χ0n) is 11.7. The topological polar surface area (TPSA) is 90.1 Å². The third-order valence-electron chi connectivity index (χ3n) is 3.32. The van der Waals surface area contributed by atoms with Gasteiger partial charge in [0.1, 0.15) is 11.8 Å². The highest BCUT2D eigenvalue weighted by Gasteiger charge is 2.24. The molecule has 0 unspecified atom stereocenters. The molecule has 0 radical (unpaired) electrons. The number of hydrogen-bond acceptors (Lipinski definition) is 6. The highest BCUT2D eigenvalue weighted by molar-refractivity contribution is 5.93. The number of carbonyl (C=O) groups is 1. The second-order valence-corrected chi connectivity index (χ2v) is 4.90. The van der Waals surface area contributed by atoms with Crippen molar-refractivity contribution in [2.45, 2.75) is 32.4 Å². The van der Waals surface area contributed by atoms with E-state index in [9.17, 15) is 4.79 Å². The van der Waals surface area contributed by atoms with Gasteiger partial charge in [-0.25, -0.2) is 0 Å². The lowest BCUT2D eigenvalue weighted by atomic mass is 10.2. The lowest BCUT2D eigenvalue weighted by Crippen LogP contribution is -2.25. The molecule has 0 saturated carbocycles. The Labute approximate surface area is 121 Å². The van der Waals surface area contributed by atoms with E-state index < -0.39 is 0 Å². The van der Waals surface area contributed by atoms with Crippen molar-refractivity contribution in [1.82, 2.24) is 20.4 Å². The number of aryl methyl sites for hydroxylation is 1. The van der Waals surface area contributed by atoms with Crippen LogP contribution in [-0.2, 0) is 11.3 Å². The quantitative estimate of drug-likeness (QED) is 0.918. The maximum Gasteiger partial charge on any atom is 0.270 e. The molecule has 7 heteroatoms. The molecule has 1 atom stereocenters. The summed E-state index contributed by atoms with van der Waals surface area (Å²) in [4.78, 5) is 20.3. The van der Waals surface area contributed by atoms with E-state index in [0.29, 0.717) is 17.4 Å². The van der Waals surface area contributed by atoms with Gasteiger partial charge in [-0.1, -0.05) is 11.2 Å². The van der Waals surface area contributed by atoms with E-state index in [1.807, 2.05) is 13.0 Å². The lowest BCUT2D eigenvalue weighted by molar-refractivity contribution is 0.0835. The van der Waals surface area contributed by atoms with Gasteiger partial charge in [0.25, 0.3) is 11.8 Å². The minimum atomic E-state index is -0.253. The van der Waals surface area contributed by atoms with Gasteiger partial charge < -0.3 is 14.6 Å². The summed E-state index contributed by atoms with van der Waals surface area (Å²) in [6.45, 7) is 2.76. The maximum atomic E-state index is 12.0. The SMILES string of the molecule is Cc1cccnc1C(=O)NCc1noc([C@@H]2CCCO2)n1. The summed E-state index contributed by atoms with van der Waals surface area (Å²) in [7, 11) is 0. The van der Waals surface area contributed by atoms with Crippen LogP contribution >= 0.6 is 0 Å². The average Bonchev–Trinajstić information content (AvgIpc) is 3.16. The van der Waals surface area contributed by atoms with Crippen LogP contribution in [0.5, 0.6) is 0 Å². The molecule has 1 amide bonds. The number of pyridine rings is 1. The van der Waals surface area contributed by atoms with Crippen molar-refractivity contribution < 1.29 is 14.1 Å². The fraction of sp³-hybridized carbons (Fsp3) is 0.429. The van der Waals surface area contributed by atoms with Crippen LogP contribution in [0.25, 0.3) is 0 Å². The second-order valence-electron chi connectivity index (χ2n) is 4.90. The molecule has 110 valence electrons. The van der Waals surface area contributed by atoms with E-state index in [0.717, 1.165) is 25.0 Å². The van der Waals surface area contributed by atoms with Gasteiger partial charge in [-0.3, -0.25) is 9.78 Å². The van der Waals surface area contributed by atoms with Gasteiger partial charge in [-0.05, 0) is 31.4 Å². The predicted molar refractivity (Wildman–Crippen MR) is 72.4 cm³/mol. The first-order chi connectivity index (χ1) is 10.2. The molecule has 0 aliphatic carbocycles. The molecule has 3 rings (SSSR count). The van der Waals surface area contributed by atoms with Gasteiger partial charge in [-0.15, -0.1) is 0 Å². The monoisotopic (exact) mass is 288 g/mol. The summed E-state index contributed by atoms with van der Waals surface area (Å²) in [5.41, 5.74) is 1.23. The number of nitrogens with zero attached hydrogens (tertiary/aromatic N) is 3. The minimum Gasteiger partial charge on any atom is -0.368 e. The molecule has 2 aromatic rings. The van der Waals surface area contributed by atoms with Crippen molar-refractivity contribution in [1.29, 1.82) is 0 Å². The Hall–Kier alpha value is -2.28. The largest absolute Gasteiger partial charge is 0.368 e. The number of rotatable bonds is 4. The number of nitrogens with one attached hydrogen (secondary N) is 1. The summed E-state index contributed by atoms with van der Waals surface area (Å²) < 4.78 is 10.6. The Bertz CT molecular complexity index is 635. The Morgan fingerprint density at radius 2 is 2.43 bits per heavy atom. The number of amides is 1. The fourth-order valence-electron chi connectivity index (χ4n) is 2.21. The Balaban J connectivity index is 1.60. The number of hydrogen-bond donors (Lipinski definition) is 1. The number of aromatic nitrogens is 3. The zero-order valence-corrected chi connectivity index (χ0v) is 11.7. The van der Waals surface area contributed by atoms with Gasteiger partial charge in [-0.2, -0.15) is 4.98 Å².